The molecule has 0 radical (unpaired) electrons. The zero-order valence-electron chi connectivity index (χ0n) is 10.0. The predicted molar refractivity (Wildman–Crippen MR) is 62.4 cm³/mol. The van der Waals surface area contributed by atoms with E-state index in [0.717, 1.165) is 0 Å². The minimum atomic E-state index is 1.22. The summed E-state index contributed by atoms with van der Waals surface area (Å²) in [6.07, 6.45) is 5.64. The second-order valence-corrected chi connectivity index (χ2v) is 4.64. The first-order chi connectivity index (χ1) is 6.83. The zero-order chi connectivity index (χ0) is 10.3. The lowest BCUT2D eigenvalue weighted by Gasteiger charge is -2.41. The lowest BCUT2D eigenvalue weighted by molar-refractivity contribution is -0.928. The van der Waals surface area contributed by atoms with Crippen molar-refractivity contribution < 1.29 is 4.48 Å². The third kappa shape index (κ3) is 3.58. The summed E-state index contributed by atoms with van der Waals surface area (Å²) in [6.45, 7) is 12.5. The van der Waals surface area contributed by atoms with Crippen LogP contribution in [0.25, 0.3) is 0 Å². The van der Waals surface area contributed by atoms with E-state index in [1.807, 2.05) is 0 Å². The zero-order valence-corrected chi connectivity index (χ0v) is 10.0. The maximum absolute atomic E-state index is 3.46. The van der Waals surface area contributed by atoms with E-state index in [9.17, 15) is 0 Å². The summed E-state index contributed by atoms with van der Waals surface area (Å²) in [5, 5.41) is 3.46. The van der Waals surface area contributed by atoms with Crippen LogP contribution >= 0.6 is 0 Å². The van der Waals surface area contributed by atoms with Crippen LogP contribution in [-0.2, 0) is 0 Å². The Morgan fingerprint density at radius 3 is 2.29 bits per heavy atom. The standard InChI is InChI=1S/C12H27N2/c1-3-5-6-7-10-14(4-2)11-8-13-9-12-14/h13H,3-12H2,1-2H3/q+1. The first kappa shape index (κ1) is 12.0. The summed E-state index contributed by atoms with van der Waals surface area (Å²) in [4.78, 5) is 0. The van der Waals surface area contributed by atoms with Gasteiger partial charge in [-0.15, -0.1) is 0 Å². The fourth-order valence-corrected chi connectivity index (χ4v) is 2.44. The predicted octanol–water partition coefficient (Wildman–Crippen LogP) is 2.01. The number of hydrogen-bond donors (Lipinski definition) is 1. The Hall–Kier alpha value is -0.0800. The highest BCUT2D eigenvalue weighted by atomic mass is 15.4. The summed E-state index contributed by atoms with van der Waals surface area (Å²) < 4.78 is 1.37. The van der Waals surface area contributed by atoms with Crippen molar-refractivity contribution in [3.8, 4) is 0 Å². The van der Waals surface area contributed by atoms with E-state index in [1.54, 1.807) is 0 Å². The maximum Gasteiger partial charge on any atom is 0.0913 e. The molecule has 1 aliphatic heterocycles. The van der Waals surface area contributed by atoms with Crippen LogP contribution < -0.4 is 5.32 Å². The van der Waals surface area contributed by atoms with E-state index in [2.05, 4.69) is 19.2 Å². The molecule has 0 aliphatic carbocycles. The highest BCUT2D eigenvalue weighted by molar-refractivity contribution is 4.57. The molecule has 1 fully saturated rings. The van der Waals surface area contributed by atoms with Gasteiger partial charge in [0, 0.05) is 13.1 Å². The first-order valence-electron chi connectivity index (χ1n) is 6.39. The Balaban J connectivity index is 2.22. The molecule has 2 nitrogen and oxygen atoms in total. The molecule has 1 rings (SSSR count). The molecule has 0 unspecified atom stereocenters. The van der Waals surface area contributed by atoms with E-state index in [-0.39, 0.29) is 0 Å². The van der Waals surface area contributed by atoms with Crippen molar-refractivity contribution in [2.24, 2.45) is 0 Å². The lowest BCUT2D eigenvalue weighted by Crippen LogP contribution is -2.58. The van der Waals surface area contributed by atoms with Crippen molar-refractivity contribution in [1.29, 1.82) is 0 Å². The molecule has 1 aliphatic rings. The van der Waals surface area contributed by atoms with Crippen LogP contribution in [0.4, 0.5) is 0 Å². The molecule has 0 bridgehead atoms. The van der Waals surface area contributed by atoms with E-state index >= 15 is 0 Å². The van der Waals surface area contributed by atoms with Gasteiger partial charge in [-0.1, -0.05) is 19.8 Å². The minimum absolute atomic E-state index is 1.22. The molecule has 0 aromatic rings. The summed E-state index contributed by atoms with van der Waals surface area (Å²) in [5.74, 6) is 0. The van der Waals surface area contributed by atoms with Crippen molar-refractivity contribution in [3.05, 3.63) is 0 Å². The SMILES string of the molecule is CCCCCC[N+]1(CC)CCNCC1. The lowest BCUT2D eigenvalue weighted by atomic mass is 10.1. The Bertz CT molecular complexity index is 139. The van der Waals surface area contributed by atoms with Gasteiger partial charge >= 0.3 is 0 Å². The monoisotopic (exact) mass is 199 g/mol. The molecule has 0 spiro atoms. The van der Waals surface area contributed by atoms with Crippen LogP contribution in [0, 0.1) is 0 Å². The van der Waals surface area contributed by atoms with Gasteiger partial charge in [-0.3, -0.25) is 0 Å². The van der Waals surface area contributed by atoms with Gasteiger partial charge in [0.2, 0.25) is 0 Å². The number of hydrogen-bond acceptors (Lipinski definition) is 1. The third-order valence-corrected chi connectivity index (χ3v) is 3.68. The van der Waals surface area contributed by atoms with Gasteiger partial charge in [0.1, 0.15) is 0 Å². The fourth-order valence-electron chi connectivity index (χ4n) is 2.44. The van der Waals surface area contributed by atoms with E-state index in [4.69, 9.17) is 0 Å². The molecule has 0 saturated carbocycles. The van der Waals surface area contributed by atoms with Crippen molar-refractivity contribution in [2.75, 3.05) is 39.3 Å². The number of nitrogens with zero attached hydrogens (tertiary/aromatic N) is 1. The van der Waals surface area contributed by atoms with Gasteiger partial charge < -0.3 is 9.80 Å². The normalized spacial score (nSPS) is 21.0. The average Bonchev–Trinajstić information content (AvgIpc) is 2.26. The van der Waals surface area contributed by atoms with Crippen LogP contribution in [0.15, 0.2) is 0 Å². The summed E-state index contributed by atoms with van der Waals surface area (Å²) in [5.41, 5.74) is 0. The fraction of sp³-hybridized carbons (Fsp3) is 1.00. The van der Waals surface area contributed by atoms with Gasteiger partial charge in [0.05, 0.1) is 26.2 Å². The van der Waals surface area contributed by atoms with Crippen molar-refractivity contribution in [1.82, 2.24) is 5.32 Å². The number of nitrogens with one attached hydrogen (secondary N) is 1. The number of likely N-dealkylation sites (N-methyl/N-ethyl adjacent to an activating group) is 1. The highest BCUT2D eigenvalue weighted by Crippen LogP contribution is 2.12. The van der Waals surface area contributed by atoms with E-state index in [0.29, 0.717) is 0 Å². The quantitative estimate of drug-likeness (QED) is 0.510. The van der Waals surface area contributed by atoms with Gasteiger partial charge in [0.25, 0.3) is 0 Å². The molecule has 2 heteroatoms. The molecule has 0 atom stereocenters. The largest absolute Gasteiger partial charge is 0.322 e. The van der Waals surface area contributed by atoms with Gasteiger partial charge in [0.15, 0.2) is 0 Å². The van der Waals surface area contributed by atoms with E-state index < -0.39 is 0 Å². The average molecular weight is 199 g/mol. The second kappa shape index (κ2) is 6.41. The Labute approximate surface area is 89.3 Å². The molecule has 84 valence electrons. The van der Waals surface area contributed by atoms with Crippen LogP contribution in [-0.4, -0.2) is 43.8 Å². The first-order valence-corrected chi connectivity index (χ1v) is 6.39. The van der Waals surface area contributed by atoms with Crippen LogP contribution in [0.2, 0.25) is 0 Å². The van der Waals surface area contributed by atoms with Crippen LogP contribution in [0.1, 0.15) is 39.5 Å². The van der Waals surface area contributed by atoms with Crippen LogP contribution in [0.5, 0.6) is 0 Å². The van der Waals surface area contributed by atoms with E-state index in [1.165, 1.54) is 69.4 Å². The third-order valence-electron chi connectivity index (χ3n) is 3.68. The molecule has 1 saturated heterocycles. The van der Waals surface area contributed by atoms with Crippen molar-refractivity contribution in [2.45, 2.75) is 39.5 Å². The van der Waals surface area contributed by atoms with Crippen LogP contribution in [0.3, 0.4) is 0 Å². The summed E-state index contributed by atoms with van der Waals surface area (Å²) in [6, 6.07) is 0. The Morgan fingerprint density at radius 2 is 1.71 bits per heavy atom. The van der Waals surface area contributed by atoms with Crippen molar-refractivity contribution >= 4 is 0 Å². The highest BCUT2D eigenvalue weighted by Gasteiger charge is 2.26. The molecule has 1 heterocycles. The molecular formula is C12H27N2+. The van der Waals surface area contributed by atoms with Gasteiger partial charge in [-0.25, -0.2) is 0 Å². The molecule has 0 amide bonds. The Morgan fingerprint density at radius 1 is 1.00 bits per heavy atom. The smallest absolute Gasteiger partial charge is 0.0913 e. The van der Waals surface area contributed by atoms with Gasteiger partial charge in [-0.2, -0.15) is 0 Å². The van der Waals surface area contributed by atoms with Crippen molar-refractivity contribution in [3.63, 3.8) is 0 Å². The molecule has 14 heavy (non-hydrogen) atoms. The van der Waals surface area contributed by atoms with Gasteiger partial charge in [-0.05, 0) is 19.8 Å². The number of unbranched alkanes of at least 4 members (excludes halogenated alkanes) is 3. The number of rotatable bonds is 6. The summed E-state index contributed by atoms with van der Waals surface area (Å²) >= 11 is 0. The maximum atomic E-state index is 3.46. The topological polar surface area (TPSA) is 12.0 Å². The molecule has 0 aromatic carbocycles. The molecular weight excluding hydrogens is 172 g/mol. The number of quaternary nitrogens is 1. The molecule has 0 aromatic heterocycles. The summed E-state index contributed by atoms with van der Waals surface area (Å²) in [7, 11) is 0. The molecule has 1 N–H and O–H groups in total. The second-order valence-electron chi connectivity index (χ2n) is 4.64. The number of piperazine rings is 1. The Kier molecular flexibility index (Phi) is 5.49. The minimum Gasteiger partial charge on any atom is -0.322 e.